The normalized spacial score (nSPS) is 8.50. The largest absolute Gasteiger partial charge is 0.481 e. The highest BCUT2D eigenvalue weighted by Crippen LogP contribution is 2.05. The van der Waals surface area contributed by atoms with Crippen LogP contribution in [-0.4, -0.2) is 22.8 Å². The topological polar surface area (TPSA) is 57.5 Å². The molecule has 1 heterocycles. The van der Waals surface area contributed by atoms with Crippen LogP contribution in [-0.2, 0) is 11.2 Å². The predicted octanol–water partition coefficient (Wildman–Crippen LogP) is 1.37. The molecular weight excluding hydrogens is 176 g/mol. The van der Waals surface area contributed by atoms with E-state index in [2.05, 4.69) is 5.38 Å². The van der Waals surface area contributed by atoms with Crippen LogP contribution < -0.4 is 0 Å². The molecule has 0 unspecified atom stereocenters. The van der Waals surface area contributed by atoms with Gasteiger partial charge in [-0.2, -0.15) is 11.3 Å². The number of carbonyl (C=O) groups is 1. The Balaban J connectivity index is 0.000000261. The highest BCUT2D eigenvalue weighted by molar-refractivity contribution is 7.07. The quantitative estimate of drug-likeness (QED) is 0.737. The van der Waals surface area contributed by atoms with E-state index in [0.717, 1.165) is 13.3 Å². The Labute approximate surface area is 75.3 Å². The summed E-state index contributed by atoms with van der Waals surface area (Å²) in [5.41, 5.74) is 1.23. The number of hydrogen-bond donors (Lipinski definition) is 2. The summed E-state index contributed by atoms with van der Waals surface area (Å²) in [6.45, 7) is 1.34. The third kappa shape index (κ3) is 7.24. The lowest BCUT2D eigenvalue weighted by atomic mass is 10.3. The zero-order chi connectivity index (χ0) is 9.40. The van der Waals surface area contributed by atoms with Crippen molar-refractivity contribution in [1.29, 1.82) is 0 Å². The molecule has 68 valence electrons. The van der Waals surface area contributed by atoms with Gasteiger partial charge in [-0.05, 0) is 28.8 Å². The Morgan fingerprint density at radius 1 is 1.67 bits per heavy atom. The molecule has 0 saturated carbocycles. The molecule has 2 N–H and O–H groups in total. The minimum Gasteiger partial charge on any atom is -0.481 e. The fourth-order valence-corrected chi connectivity index (χ4v) is 1.27. The van der Waals surface area contributed by atoms with Gasteiger partial charge in [0.05, 0.1) is 0 Å². The molecule has 0 radical (unpaired) electrons. The first kappa shape index (κ1) is 11.1. The first-order valence-electron chi connectivity index (χ1n) is 3.48. The molecule has 3 nitrogen and oxygen atoms in total. The monoisotopic (exact) mass is 188 g/mol. The van der Waals surface area contributed by atoms with Gasteiger partial charge in [0.2, 0.25) is 0 Å². The van der Waals surface area contributed by atoms with E-state index >= 15 is 0 Å². The molecule has 0 aliphatic carbocycles. The molecule has 1 aromatic heterocycles. The molecule has 0 amide bonds. The SMILES string of the molecule is CC(=O)O.OCCc1ccsc1. The fourth-order valence-electron chi connectivity index (χ4n) is 0.564. The summed E-state index contributed by atoms with van der Waals surface area (Å²) in [6, 6.07) is 2.03. The van der Waals surface area contributed by atoms with Crippen molar-refractivity contribution in [2.45, 2.75) is 13.3 Å². The van der Waals surface area contributed by atoms with Crippen molar-refractivity contribution >= 4 is 17.3 Å². The maximum absolute atomic E-state index is 9.00. The van der Waals surface area contributed by atoms with Crippen molar-refractivity contribution in [3.05, 3.63) is 22.4 Å². The Bertz CT molecular complexity index is 202. The molecule has 12 heavy (non-hydrogen) atoms. The maximum atomic E-state index is 9.00. The highest BCUT2D eigenvalue weighted by atomic mass is 32.1. The van der Waals surface area contributed by atoms with E-state index in [0.29, 0.717) is 0 Å². The van der Waals surface area contributed by atoms with Gasteiger partial charge < -0.3 is 10.2 Å². The van der Waals surface area contributed by atoms with E-state index in [9.17, 15) is 0 Å². The fraction of sp³-hybridized carbons (Fsp3) is 0.375. The molecule has 0 saturated heterocycles. The van der Waals surface area contributed by atoms with Gasteiger partial charge in [0.15, 0.2) is 0 Å². The number of thiophene rings is 1. The van der Waals surface area contributed by atoms with Crippen LogP contribution >= 0.6 is 11.3 Å². The second-order valence-electron chi connectivity index (χ2n) is 2.12. The number of aliphatic hydroxyl groups is 1. The summed E-state index contributed by atoms with van der Waals surface area (Å²) in [6.07, 6.45) is 0.795. The summed E-state index contributed by atoms with van der Waals surface area (Å²) in [4.78, 5) is 9.00. The average molecular weight is 188 g/mol. The van der Waals surface area contributed by atoms with Crippen LogP contribution in [0.5, 0.6) is 0 Å². The molecule has 0 atom stereocenters. The third-order valence-corrected chi connectivity index (χ3v) is 1.71. The molecule has 0 spiro atoms. The molecule has 4 heteroatoms. The van der Waals surface area contributed by atoms with Gasteiger partial charge in [-0.1, -0.05) is 0 Å². The number of aliphatic hydroxyl groups excluding tert-OH is 1. The summed E-state index contributed by atoms with van der Waals surface area (Å²) in [5.74, 6) is -0.833. The van der Waals surface area contributed by atoms with Gasteiger partial charge in [-0.15, -0.1) is 0 Å². The van der Waals surface area contributed by atoms with Gasteiger partial charge in [0.1, 0.15) is 0 Å². The van der Waals surface area contributed by atoms with Crippen LogP contribution in [0.25, 0.3) is 0 Å². The van der Waals surface area contributed by atoms with Crippen LogP contribution in [0.1, 0.15) is 12.5 Å². The molecule has 0 fully saturated rings. The van der Waals surface area contributed by atoms with E-state index in [1.165, 1.54) is 5.56 Å². The van der Waals surface area contributed by atoms with Gasteiger partial charge in [-0.3, -0.25) is 4.79 Å². The minimum atomic E-state index is -0.833. The second kappa shape index (κ2) is 6.82. The third-order valence-electron chi connectivity index (χ3n) is 0.981. The maximum Gasteiger partial charge on any atom is 0.300 e. The Morgan fingerprint density at radius 3 is 2.58 bits per heavy atom. The van der Waals surface area contributed by atoms with Gasteiger partial charge >= 0.3 is 0 Å². The highest BCUT2D eigenvalue weighted by Gasteiger charge is 1.87. The van der Waals surface area contributed by atoms with Crippen LogP contribution in [0.2, 0.25) is 0 Å². The molecule has 1 aromatic rings. The van der Waals surface area contributed by atoms with Crippen molar-refractivity contribution in [1.82, 2.24) is 0 Å². The summed E-state index contributed by atoms with van der Waals surface area (Å²) < 4.78 is 0. The first-order chi connectivity index (χ1) is 5.66. The van der Waals surface area contributed by atoms with Gasteiger partial charge in [0.25, 0.3) is 5.97 Å². The van der Waals surface area contributed by atoms with Crippen molar-refractivity contribution in [3.63, 3.8) is 0 Å². The van der Waals surface area contributed by atoms with Crippen molar-refractivity contribution < 1.29 is 15.0 Å². The smallest absolute Gasteiger partial charge is 0.300 e. The van der Waals surface area contributed by atoms with E-state index in [4.69, 9.17) is 15.0 Å². The molecule has 0 aliphatic rings. The number of hydrogen-bond acceptors (Lipinski definition) is 3. The van der Waals surface area contributed by atoms with Crippen LogP contribution in [0, 0.1) is 0 Å². The van der Waals surface area contributed by atoms with E-state index in [-0.39, 0.29) is 6.61 Å². The van der Waals surface area contributed by atoms with Crippen molar-refractivity contribution in [2.75, 3.05) is 6.61 Å². The number of rotatable bonds is 2. The molecule has 0 bridgehead atoms. The number of aliphatic carboxylic acids is 1. The van der Waals surface area contributed by atoms with Crippen molar-refractivity contribution in [3.8, 4) is 0 Å². The summed E-state index contributed by atoms with van der Waals surface area (Å²) >= 11 is 1.67. The molecule has 1 rings (SSSR count). The second-order valence-corrected chi connectivity index (χ2v) is 2.90. The lowest BCUT2D eigenvalue weighted by Gasteiger charge is -1.85. The van der Waals surface area contributed by atoms with Gasteiger partial charge in [0, 0.05) is 13.5 Å². The molecule has 0 aliphatic heterocycles. The number of carboxylic acids is 1. The Hall–Kier alpha value is -0.870. The van der Waals surface area contributed by atoms with E-state index in [1.54, 1.807) is 11.3 Å². The molecular formula is C8H12O3S. The lowest BCUT2D eigenvalue weighted by molar-refractivity contribution is -0.134. The Morgan fingerprint density at radius 2 is 2.25 bits per heavy atom. The van der Waals surface area contributed by atoms with Crippen LogP contribution in [0.3, 0.4) is 0 Å². The lowest BCUT2D eigenvalue weighted by Crippen LogP contribution is -1.85. The Kier molecular flexibility index (Phi) is 6.32. The summed E-state index contributed by atoms with van der Waals surface area (Å²) in [7, 11) is 0. The minimum absolute atomic E-state index is 0.261. The first-order valence-corrected chi connectivity index (χ1v) is 4.42. The van der Waals surface area contributed by atoms with Gasteiger partial charge in [-0.25, -0.2) is 0 Å². The standard InChI is InChI=1S/C6H8OS.C2H4O2/c7-3-1-6-2-4-8-5-6;1-2(3)4/h2,4-5,7H,1,3H2;1H3,(H,3,4). The number of carboxylic acid groups (broad SMARTS) is 1. The van der Waals surface area contributed by atoms with E-state index < -0.39 is 5.97 Å². The zero-order valence-corrected chi connectivity index (χ0v) is 7.67. The average Bonchev–Trinajstić information content (AvgIpc) is 2.39. The summed E-state index contributed by atoms with van der Waals surface area (Å²) in [5, 5.41) is 19.9. The van der Waals surface area contributed by atoms with Crippen LogP contribution in [0.4, 0.5) is 0 Å². The van der Waals surface area contributed by atoms with E-state index in [1.807, 2.05) is 11.4 Å². The predicted molar refractivity (Wildman–Crippen MR) is 48.4 cm³/mol. The zero-order valence-electron chi connectivity index (χ0n) is 6.86. The van der Waals surface area contributed by atoms with Crippen molar-refractivity contribution in [2.24, 2.45) is 0 Å². The van der Waals surface area contributed by atoms with Crippen LogP contribution in [0.15, 0.2) is 16.8 Å². The molecule has 0 aromatic carbocycles.